The number of carbonyl (C=O) groups is 1. The first-order valence-electron chi connectivity index (χ1n) is 10.4. The molecule has 0 radical (unpaired) electrons. The van der Waals surface area contributed by atoms with Crippen LogP contribution in [-0.4, -0.2) is 51.2 Å². The van der Waals surface area contributed by atoms with Gasteiger partial charge in [0.25, 0.3) is 5.91 Å². The predicted molar refractivity (Wildman–Crippen MR) is 119 cm³/mol. The Labute approximate surface area is 188 Å². The summed E-state index contributed by atoms with van der Waals surface area (Å²) >= 11 is 0. The monoisotopic (exact) mass is 457 g/mol. The first-order chi connectivity index (χ1) is 15.3. The second-order valence-corrected chi connectivity index (χ2v) is 9.47. The lowest BCUT2D eigenvalue weighted by molar-refractivity contribution is -0.00546. The third-order valence-corrected chi connectivity index (χ3v) is 6.44. The van der Waals surface area contributed by atoms with E-state index in [4.69, 9.17) is 10.00 Å². The zero-order chi connectivity index (χ0) is 23.1. The molecule has 2 N–H and O–H groups in total. The molecular weight excluding hydrogens is 430 g/mol. The third kappa shape index (κ3) is 6.26. The summed E-state index contributed by atoms with van der Waals surface area (Å²) in [5.74, 6) is 0.563. The SMILES string of the molecule is CC1CN(c2ccc(CNC(=O)c3ccc(S(=O)(=O)NCCC#N)cc3)cn2)CC(C)O1. The van der Waals surface area contributed by atoms with Gasteiger partial charge in [0.1, 0.15) is 5.82 Å². The summed E-state index contributed by atoms with van der Waals surface area (Å²) < 4.78 is 32.4. The topological polar surface area (TPSA) is 124 Å². The van der Waals surface area contributed by atoms with Crippen molar-refractivity contribution in [3.05, 3.63) is 53.7 Å². The predicted octanol–water partition coefficient (Wildman–Crippen LogP) is 1.82. The van der Waals surface area contributed by atoms with Gasteiger partial charge in [0.05, 0.1) is 23.2 Å². The smallest absolute Gasteiger partial charge is 0.251 e. The quantitative estimate of drug-likeness (QED) is 0.579. The summed E-state index contributed by atoms with van der Waals surface area (Å²) in [5, 5.41) is 11.3. The Hall–Kier alpha value is -3.00. The van der Waals surface area contributed by atoms with E-state index in [0.29, 0.717) is 12.1 Å². The molecule has 2 unspecified atom stereocenters. The maximum atomic E-state index is 12.4. The van der Waals surface area contributed by atoms with Crippen LogP contribution in [0.5, 0.6) is 0 Å². The molecule has 1 aliphatic rings. The first kappa shape index (κ1) is 23.7. The molecule has 1 aromatic heterocycles. The van der Waals surface area contributed by atoms with Crippen LogP contribution in [0.1, 0.15) is 36.2 Å². The standard InChI is InChI=1S/C22H27N5O4S/c1-16-14-27(15-17(2)31-16)21-9-4-18(12-24-21)13-25-22(28)19-5-7-20(8-6-19)32(29,30)26-11-3-10-23/h4-9,12,16-17,26H,3,11,13-15H2,1-2H3,(H,25,28). The van der Waals surface area contributed by atoms with Gasteiger partial charge in [-0.1, -0.05) is 6.07 Å². The van der Waals surface area contributed by atoms with Crippen molar-refractivity contribution in [2.24, 2.45) is 0 Å². The number of amides is 1. The number of benzene rings is 1. The third-order valence-electron chi connectivity index (χ3n) is 4.96. The van der Waals surface area contributed by atoms with E-state index in [1.54, 1.807) is 6.20 Å². The van der Waals surface area contributed by atoms with Crippen LogP contribution in [0.3, 0.4) is 0 Å². The Balaban J connectivity index is 1.55. The van der Waals surface area contributed by atoms with E-state index < -0.39 is 10.0 Å². The Bertz CT molecular complexity index is 1050. The highest BCUT2D eigenvalue weighted by Gasteiger charge is 2.23. The van der Waals surface area contributed by atoms with Gasteiger partial charge in [-0.15, -0.1) is 0 Å². The number of carbonyl (C=O) groups excluding carboxylic acids is 1. The Morgan fingerprint density at radius 3 is 2.47 bits per heavy atom. The van der Waals surface area contributed by atoms with E-state index in [-0.39, 0.29) is 36.0 Å². The molecule has 2 heterocycles. The number of hydrogen-bond donors (Lipinski definition) is 2. The number of hydrogen-bond acceptors (Lipinski definition) is 7. The molecule has 1 saturated heterocycles. The Kier molecular flexibility index (Phi) is 7.80. The lowest BCUT2D eigenvalue weighted by Gasteiger charge is -2.36. The van der Waals surface area contributed by atoms with Gasteiger partial charge in [-0.2, -0.15) is 5.26 Å². The fraction of sp³-hybridized carbons (Fsp3) is 0.409. The van der Waals surface area contributed by atoms with E-state index in [9.17, 15) is 13.2 Å². The van der Waals surface area contributed by atoms with E-state index in [2.05, 4.69) is 19.9 Å². The van der Waals surface area contributed by atoms with Gasteiger partial charge in [0.15, 0.2) is 0 Å². The van der Waals surface area contributed by atoms with Crippen LogP contribution < -0.4 is 14.9 Å². The summed E-state index contributed by atoms with van der Waals surface area (Å²) in [6, 6.07) is 11.4. The Morgan fingerprint density at radius 1 is 1.19 bits per heavy atom. The van der Waals surface area contributed by atoms with Crippen molar-refractivity contribution < 1.29 is 17.9 Å². The molecule has 9 nitrogen and oxygen atoms in total. The summed E-state index contributed by atoms with van der Waals surface area (Å²) in [5.41, 5.74) is 1.21. The van der Waals surface area contributed by atoms with Crippen molar-refractivity contribution in [1.82, 2.24) is 15.0 Å². The molecule has 1 aromatic carbocycles. The maximum Gasteiger partial charge on any atom is 0.251 e. The number of nitrogens with one attached hydrogen (secondary N) is 2. The van der Waals surface area contributed by atoms with Crippen LogP contribution >= 0.6 is 0 Å². The fourth-order valence-corrected chi connectivity index (χ4v) is 4.50. The highest BCUT2D eigenvalue weighted by atomic mass is 32.2. The number of morpholine rings is 1. The van der Waals surface area contributed by atoms with Crippen LogP contribution in [0.15, 0.2) is 47.5 Å². The van der Waals surface area contributed by atoms with E-state index in [0.717, 1.165) is 24.5 Å². The second-order valence-electron chi connectivity index (χ2n) is 7.70. The molecule has 3 rings (SSSR count). The summed E-state index contributed by atoms with van der Waals surface area (Å²) in [7, 11) is -3.70. The first-order valence-corrected chi connectivity index (χ1v) is 11.9. The fourth-order valence-electron chi connectivity index (χ4n) is 3.47. The number of sulfonamides is 1. The van der Waals surface area contributed by atoms with Gasteiger partial charge in [-0.05, 0) is 49.7 Å². The molecule has 0 bridgehead atoms. The zero-order valence-corrected chi connectivity index (χ0v) is 18.9. The summed E-state index contributed by atoms with van der Waals surface area (Å²) in [4.78, 5) is 19.2. The molecule has 32 heavy (non-hydrogen) atoms. The number of nitriles is 1. The molecule has 2 atom stereocenters. The molecule has 0 saturated carbocycles. The summed E-state index contributed by atoms with van der Waals surface area (Å²) in [6.45, 7) is 5.99. The van der Waals surface area contributed by atoms with Crippen molar-refractivity contribution >= 4 is 21.7 Å². The molecule has 1 aliphatic heterocycles. The van der Waals surface area contributed by atoms with Gasteiger partial charge in [-0.25, -0.2) is 18.1 Å². The van der Waals surface area contributed by atoms with Gasteiger partial charge in [0.2, 0.25) is 10.0 Å². The normalized spacial score (nSPS) is 18.7. The van der Waals surface area contributed by atoms with Crippen LogP contribution in [0.2, 0.25) is 0 Å². The molecule has 1 amide bonds. The minimum Gasteiger partial charge on any atom is -0.372 e. The number of rotatable bonds is 8. The van der Waals surface area contributed by atoms with Crippen LogP contribution in [0, 0.1) is 11.3 Å². The minimum atomic E-state index is -3.70. The average molecular weight is 458 g/mol. The molecule has 10 heteroatoms. The number of nitrogens with zero attached hydrogens (tertiary/aromatic N) is 3. The highest BCUT2D eigenvalue weighted by Crippen LogP contribution is 2.18. The maximum absolute atomic E-state index is 12.4. The molecule has 0 aliphatic carbocycles. The molecule has 2 aromatic rings. The molecule has 0 spiro atoms. The van der Waals surface area contributed by atoms with Crippen molar-refractivity contribution in [2.75, 3.05) is 24.5 Å². The largest absolute Gasteiger partial charge is 0.372 e. The van der Waals surface area contributed by atoms with Crippen LogP contribution in [0.25, 0.3) is 0 Å². The highest BCUT2D eigenvalue weighted by molar-refractivity contribution is 7.89. The number of aromatic nitrogens is 1. The van der Waals surface area contributed by atoms with Crippen molar-refractivity contribution in [3.8, 4) is 6.07 Å². The summed E-state index contributed by atoms with van der Waals surface area (Å²) in [6.07, 6.45) is 2.12. The molecule has 170 valence electrons. The van der Waals surface area contributed by atoms with Gasteiger partial charge < -0.3 is 15.0 Å². The van der Waals surface area contributed by atoms with E-state index in [1.807, 2.05) is 32.0 Å². The minimum absolute atomic E-state index is 0.0392. The number of ether oxygens (including phenoxy) is 1. The van der Waals surface area contributed by atoms with E-state index in [1.165, 1.54) is 24.3 Å². The van der Waals surface area contributed by atoms with Gasteiger partial charge >= 0.3 is 0 Å². The zero-order valence-electron chi connectivity index (χ0n) is 18.1. The second kappa shape index (κ2) is 10.5. The van der Waals surface area contributed by atoms with Crippen LogP contribution in [0.4, 0.5) is 5.82 Å². The lowest BCUT2D eigenvalue weighted by Crippen LogP contribution is -2.45. The van der Waals surface area contributed by atoms with Crippen LogP contribution in [-0.2, 0) is 21.3 Å². The molecule has 1 fully saturated rings. The van der Waals surface area contributed by atoms with Gasteiger partial charge in [-0.3, -0.25) is 4.79 Å². The van der Waals surface area contributed by atoms with Gasteiger partial charge in [0, 0.05) is 44.4 Å². The lowest BCUT2D eigenvalue weighted by atomic mass is 10.2. The number of anilines is 1. The van der Waals surface area contributed by atoms with Crippen molar-refractivity contribution in [1.29, 1.82) is 5.26 Å². The number of pyridine rings is 1. The van der Waals surface area contributed by atoms with E-state index >= 15 is 0 Å². The Morgan fingerprint density at radius 2 is 1.88 bits per heavy atom. The van der Waals surface area contributed by atoms with Crippen molar-refractivity contribution in [2.45, 2.75) is 43.9 Å². The average Bonchev–Trinajstić information content (AvgIpc) is 2.77. The van der Waals surface area contributed by atoms with Crippen molar-refractivity contribution in [3.63, 3.8) is 0 Å². The molecular formula is C22H27N5O4S.